The number of nitrogens with zero attached hydrogens (tertiary/aromatic N) is 1. The summed E-state index contributed by atoms with van der Waals surface area (Å²) < 4.78 is 23.2. The Hall–Kier alpha value is -0.760. The summed E-state index contributed by atoms with van der Waals surface area (Å²) in [5, 5.41) is 13.9. The first-order valence-corrected chi connectivity index (χ1v) is 23.5. The summed E-state index contributed by atoms with van der Waals surface area (Å²) >= 11 is 0. The van der Waals surface area contributed by atoms with E-state index in [2.05, 4.69) is 31.3 Å². The molecule has 310 valence electrons. The molecule has 0 aliphatic carbocycles. The third-order valence-corrected chi connectivity index (χ3v) is 11.0. The summed E-state index contributed by atoms with van der Waals surface area (Å²) in [6, 6.07) is -0.799. The van der Waals surface area contributed by atoms with Gasteiger partial charge in [-0.05, 0) is 38.5 Å². The van der Waals surface area contributed by atoms with Crippen molar-refractivity contribution < 1.29 is 32.9 Å². The molecule has 0 aliphatic rings. The van der Waals surface area contributed by atoms with Crippen LogP contribution in [0.25, 0.3) is 0 Å². The minimum atomic E-state index is -4.56. The largest absolute Gasteiger partial charge is 0.756 e. The van der Waals surface area contributed by atoms with E-state index in [4.69, 9.17) is 9.05 Å². The van der Waals surface area contributed by atoms with Crippen molar-refractivity contribution in [3.8, 4) is 0 Å². The van der Waals surface area contributed by atoms with Crippen LogP contribution >= 0.6 is 7.82 Å². The van der Waals surface area contributed by atoms with Crippen molar-refractivity contribution in [2.24, 2.45) is 0 Å². The van der Waals surface area contributed by atoms with E-state index in [1.54, 1.807) is 0 Å². The number of hydrogen-bond acceptors (Lipinski definition) is 6. The monoisotopic (exact) mass is 759 g/mol. The fourth-order valence-electron chi connectivity index (χ4n) is 6.45. The van der Waals surface area contributed by atoms with Gasteiger partial charge in [0.15, 0.2) is 0 Å². The maximum absolute atomic E-state index is 12.8. The normalized spacial score (nSPS) is 14.5. The number of amides is 1. The number of likely N-dealkylation sites (N-methyl/N-ethyl adjacent to an activating group) is 1. The minimum Gasteiger partial charge on any atom is -0.756 e. The highest BCUT2D eigenvalue weighted by molar-refractivity contribution is 7.45. The Morgan fingerprint density at radius 3 is 1.50 bits per heavy atom. The highest BCUT2D eigenvalue weighted by atomic mass is 31.2. The quantitative estimate of drug-likeness (QED) is 0.0279. The summed E-state index contributed by atoms with van der Waals surface area (Å²) in [6.45, 7) is 4.71. The Bertz CT molecular complexity index is 865. The molecule has 0 radical (unpaired) electrons. The summed E-state index contributed by atoms with van der Waals surface area (Å²) in [4.78, 5) is 25.3. The lowest BCUT2D eigenvalue weighted by Crippen LogP contribution is -2.46. The van der Waals surface area contributed by atoms with Crippen molar-refractivity contribution in [2.45, 2.75) is 219 Å². The number of quaternary nitrogens is 1. The third kappa shape index (κ3) is 37.6. The van der Waals surface area contributed by atoms with E-state index in [9.17, 15) is 19.4 Å². The molecule has 52 heavy (non-hydrogen) atoms. The van der Waals surface area contributed by atoms with Gasteiger partial charge in [-0.3, -0.25) is 9.36 Å². The van der Waals surface area contributed by atoms with Gasteiger partial charge in [0, 0.05) is 6.42 Å². The van der Waals surface area contributed by atoms with Crippen LogP contribution in [-0.4, -0.2) is 68.5 Å². The smallest absolute Gasteiger partial charge is 0.268 e. The first-order valence-electron chi connectivity index (χ1n) is 22.0. The number of carbonyl (C=O) groups excluding carboxylic acids is 1. The van der Waals surface area contributed by atoms with Crippen LogP contribution in [0.3, 0.4) is 0 Å². The van der Waals surface area contributed by atoms with Gasteiger partial charge in [0.1, 0.15) is 13.2 Å². The van der Waals surface area contributed by atoms with E-state index in [1.807, 2.05) is 21.1 Å². The van der Waals surface area contributed by atoms with E-state index in [1.165, 1.54) is 128 Å². The van der Waals surface area contributed by atoms with Crippen molar-refractivity contribution in [3.05, 3.63) is 12.2 Å². The van der Waals surface area contributed by atoms with E-state index < -0.39 is 20.0 Å². The topological polar surface area (TPSA) is 108 Å². The molecule has 0 saturated carbocycles. The van der Waals surface area contributed by atoms with Gasteiger partial charge in [-0.25, -0.2) is 0 Å². The number of nitrogens with one attached hydrogen (secondary N) is 1. The van der Waals surface area contributed by atoms with Gasteiger partial charge in [-0.2, -0.15) is 0 Å². The van der Waals surface area contributed by atoms with Crippen LogP contribution in [0.2, 0.25) is 0 Å². The fraction of sp³-hybridized carbons (Fsp3) is 0.930. The Morgan fingerprint density at radius 1 is 0.654 bits per heavy atom. The maximum atomic E-state index is 12.8. The molecular formula is C43H87N2O6P. The van der Waals surface area contributed by atoms with Crippen LogP contribution in [-0.2, 0) is 18.4 Å². The number of allylic oxidation sites excluding steroid dienone is 2. The highest BCUT2D eigenvalue weighted by Crippen LogP contribution is 2.38. The van der Waals surface area contributed by atoms with E-state index in [0.29, 0.717) is 23.9 Å². The predicted molar refractivity (Wildman–Crippen MR) is 219 cm³/mol. The van der Waals surface area contributed by atoms with E-state index in [0.717, 1.165) is 51.4 Å². The second kappa shape index (κ2) is 35.9. The van der Waals surface area contributed by atoms with Gasteiger partial charge in [-0.1, -0.05) is 174 Å². The molecule has 1 amide bonds. The zero-order valence-corrected chi connectivity index (χ0v) is 35.9. The molecule has 0 saturated heterocycles. The molecule has 0 spiro atoms. The fourth-order valence-corrected chi connectivity index (χ4v) is 7.17. The number of hydrogen-bond donors (Lipinski definition) is 2. The lowest BCUT2D eigenvalue weighted by Gasteiger charge is -2.30. The molecule has 0 aromatic rings. The molecule has 0 rings (SSSR count). The Balaban J connectivity index is 4.38. The first-order chi connectivity index (χ1) is 25.0. The van der Waals surface area contributed by atoms with Gasteiger partial charge in [-0.15, -0.1) is 0 Å². The van der Waals surface area contributed by atoms with Crippen molar-refractivity contribution in [1.29, 1.82) is 0 Å². The van der Waals surface area contributed by atoms with Crippen molar-refractivity contribution in [3.63, 3.8) is 0 Å². The van der Waals surface area contributed by atoms with Crippen LogP contribution < -0.4 is 10.2 Å². The lowest BCUT2D eigenvalue weighted by atomic mass is 10.0. The molecule has 0 fully saturated rings. The first kappa shape index (κ1) is 51.2. The minimum absolute atomic E-state index is 0.0124. The van der Waals surface area contributed by atoms with Crippen LogP contribution in [0.4, 0.5) is 0 Å². The van der Waals surface area contributed by atoms with Gasteiger partial charge >= 0.3 is 0 Å². The SMILES string of the molecule is CCCCCCCC/C=C\CCCCCCCC(=O)NC(COP(=O)([O-])OCC[N+](C)(C)C)C(O)CCCCCCCCCCCCCCCCC. The summed E-state index contributed by atoms with van der Waals surface area (Å²) in [6.07, 6.45) is 39.2. The molecule has 0 aliphatic heterocycles. The number of rotatable bonds is 40. The molecule has 3 atom stereocenters. The molecule has 9 heteroatoms. The highest BCUT2D eigenvalue weighted by Gasteiger charge is 2.24. The molecule has 2 N–H and O–H groups in total. The van der Waals surface area contributed by atoms with Gasteiger partial charge < -0.3 is 28.8 Å². The zero-order chi connectivity index (χ0) is 38.6. The standard InChI is InChI=1S/C43H87N2O6P/c1-6-8-10-12-14-16-18-20-22-24-26-28-30-32-34-36-42(46)41(40-51-52(48,49)50-39-38-45(3,4)5)44-43(47)37-35-33-31-29-27-25-23-21-19-17-15-13-11-9-7-2/h21,23,41-42,46H,6-20,22,24-40H2,1-5H3,(H-,44,47,48,49)/b23-21-. The maximum Gasteiger partial charge on any atom is 0.268 e. The van der Waals surface area contributed by atoms with Crippen molar-refractivity contribution >= 4 is 13.7 Å². The van der Waals surface area contributed by atoms with Gasteiger partial charge in [0.05, 0.1) is 39.9 Å². The Morgan fingerprint density at radius 2 is 1.06 bits per heavy atom. The summed E-state index contributed by atoms with van der Waals surface area (Å²) in [5.74, 6) is -0.173. The summed E-state index contributed by atoms with van der Waals surface area (Å²) in [7, 11) is 1.30. The number of unbranched alkanes of at least 4 members (excludes halogenated alkanes) is 25. The van der Waals surface area contributed by atoms with Crippen LogP contribution in [0, 0.1) is 0 Å². The van der Waals surface area contributed by atoms with Crippen LogP contribution in [0.1, 0.15) is 206 Å². The molecule has 0 bridgehead atoms. The average Bonchev–Trinajstić information content (AvgIpc) is 3.09. The summed E-state index contributed by atoms with van der Waals surface area (Å²) in [5.41, 5.74) is 0. The van der Waals surface area contributed by atoms with Crippen molar-refractivity contribution in [1.82, 2.24) is 5.32 Å². The van der Waals surface area contributed by atoms with Crippen LogP contribution in [0.5, 0.6) is 0 Å². The number of aliphatic hydroxyl groups excluding tert-OH is 1. The molecule has 3 unspecified atom stereocenters. The zero-order valence-electron chi connectivity index (χ0n) is 35.0. The number of phosphoric ester groups is 1. The second-order valence-corrected chi connectivity index (χ2v) is 17.8. The lowest BCUT2D eigenvalue weighted by molar-refractivity contribution is -0.870. The molecule has 0 heterocycles. The number of phosphoric acid groups is 1. The van der Waals surface area contributed by atoms with Gasteiger partial charge in [0.2, 0.25) is 5.91 Å². The van der Waals surface area contributed by atoms with Crippen LogP contribution in [0.15, 0.2) is 12.2 Å². The third-order valence-electron chi connectivity index (χ3n) is 10.0. The van der Waals surface area contributed by atoms with Crippen molar-refractivity contribution in [2.75, 3.05) is 40.9 Å². The Kier molecular flexibility index (Phi) is 35.4. The van der Waals surface area contributed by atoms with E-state index >= 15 is 0 Å². The number of aliphatic hydroxyl groups is 1. The number of carbonyl (C=O) groups is 1. The molecule has 0 aromatic carbocycles. The molecule has 0 aromatic heterocycles. The average molecular weight is 759 g/mol. The Labute approximate surface area is 322 Å². The van der Waals surface area contributed by atoms with E-state index in [-0.39, 0.29) is 19.1 Å². The molecule has 8 nitrogen and oxygen atoms in total. The second-order valence-electron chi connectivity index (χ2n) is 16.4. The van der Waals surface area contributed by atoms with Gasteiger partial charge in [0.25, 0.3) is 7.82 Å². The molecular weight excluding hydrogens is 671 g/mol. The predicted octanol–water partition coefficient (Wildman–Crippen LogP) is 11.3.